The molecule has 1 heterocycles. The standard InChI is InChI=1S/C15H21FN2O3/c1-15(2)10-18(7-11(9-19)21-15)8-14(20)17-13-6-4-3-5-12(13)16/h3-6,11,19H,7-10H2,1-2H3,(H,17,20). The predicted octanol–water partition coefficient (Wildman–Crippen LogP) is 1.24. The van der Waals surface area contributed by atoms with Gasteiger partial charge in [-0.3, -0.25) is 9.69 Å². The number of amides is 1. The highest BCUT2D eigenvalue weighted by Crippen LogP contribution is 2.21. The van der Waals surface area contributed by atoms with Crippen molar-refractivity contribution >= 4 is 11.6 Å². The Bertz CT molecular complexity index is 507. The average Bonchev–Trinajstić information content (AvgIpc) is 2.39. The lowest BCUT2D eigenvalue weighted by atomic mass is 10.1. The zero-order valence-electron chi connectivity index (χ0n) is 12.3. The van der Waals surface area contributed by atoms with E-state index in [9.17, 15) is 14.3 Å². The first kappa shape index (κ1) is 15.9. The molecule has 116 valence electrons. The van der Waals surface area contributed by atoms with Crippen LogP contribution in [0.15, 0.2) is 24.3 Å². The van der Waals surface area contributed by atoms with Crippen LogP contribution in [0, 0.1) is 5.82 Å². The number of nitrogens with one attached hydrogen (secondary N) is 1. The number of aliphatic hydroxyl groups excluding tert-OH is 1. The number of hydrogen-bond donors (Lipinski definition) is 2. The second-order valence-corrected chi connectivity index (χ2v) is 5.88. The number of carbonyl (C=O) groups excluding carboxylic acids is 1. The molecule has 1 fully saturated rings. The van der Waals surface area contributed by atoms with E-state index >= 15 is 0 Å². The number of morpholine rings is 1. The molecule has 0 spiro atoms. The van der Waals surface area contributed by atoms with Crippen molar-refractivity contribution in [3.05, 3.63) is 30.1 Å². The SMILES string of the molecule is CC1(C)CN(CC(=O)Nc2ccccc2F)CC(CO)O1. The van der Waals surface area contributed by atoms with Crippen LogP contribution in [0.3, 0.4) is 0 Å². The van der Waals surface area contributed by atoms with Crippen LogP contribution in [-0.2, 0) is 9.53 Å². The fraction of sp³-hybridized carbons (Fsp3) is 0.533. The van der Waals surface area contributed by atoms with Crippen LogP contribution in [0.5, 0.6) is 0 Å². The first-order valence-corrected chi connectivity index (χ1v) is 6.95. The van der Waals surface area contributed by atoms with E-state index < -0.39 is 11.4 Å². The van der Waals surface area contributed by atoms with Crippen LogP contribution in [-0.4, -0.2) is 53.9 Å². The Morgan fingerprint density at radius 3 is 2.90 bits per heavy atom. The van der Waals surface area contributed by atoms with Gasteiger partial charge in [0.2, 0.25) is 5.91 Å². The molecule has 1 aromatic rings. The lowest BCUT2D eigenvalue weighted by Crippen LogP contribution is -2.55. The number of nitrogens with zero attached hydrogens (tertiary/aromatic N) is 1. The summed E-state index contributed by atoms with van der Waals surface area (Å²) in [6, 6.07) is 6.06. The highest BCUT2D eigenvalue weighted by molar-refractivity contribution is 5.92. The summed E-state index contributed by atoms with van der Waals surface area (Å²) in [6.07, 6.45) is -0.310. The Morgan fingerprint density at radius 2 is 2.24 bits per heavy atom. The predicted molar refractivity (Wildman–Crippen MR) is 77.5 cm³/mol. The summed E-state index contributed by atoms with van der Waals surface area (Å²) in [5.74, 6) is -0.740. The molecule has 5 nitrogen and oxygen atoms in total. The monoisotopic (exact) mass is 296 g/mol. The first-order chi connectivity index (χ1) is 9.89. The number of anilines is 1. The summed E-state index contributed by atoms with van der Waals surface area (Å²) in [4.78, 5) is 13.9. The van der Waals surface area contributed by atoms with Crippen molar-refractivity contribution in [3.63, 3.8) is 0 Å². The molecule has 1 aliphatic rings. The fourth-order valence-corrected chi connectivity index (χ4v) is 2.59. The van der Waals surface area contributed by atoms with Crippen molar-refractivity contribution < 1.29 is 19.0 Å². The van der Waals surface area contributed by atoms with Gasteiger partial charge in [-0.2, -0.15) is 0 Å². The third-order valence-electron chi connectivity index (χ3n) is 3.27. The van der Waals surface area contributed by atoms with E-state index in [1.807, 2.05) is 18.7 Å². The van der Waals surface area contributed by atoms with Gasteiger partial charge in [-0.25, -0.2) is 4.39 Å². The molecule has 1 aromatic carbocycles. The van der Waals surface area contributed by atoms with Gasteiger partial charge in [-0.05, 0) is 26.0 Å². The lowest BCUT2D eigenvalue weighted by molar-refractivity contribution is -0.151. The van der Waals surface area contributed by atoms with Crippen LogP contribution in [0.4, 0.5) is 10.1 Å². The summed E-state index contributed by atoms with van der Waals surface area (Å²) in [5, 5.41) is 11.8. The van der Waals surface area contributed by atoms with Gasteiger partial charge in [0, 0.05) is 13.1 Å². The van der Waals surface area contributed by atoms with E-state index in [0.717, 1.165) is 0 Å². The number of rotatable bonds is 4. The van der Waals surface area contributed by atoms with E-state index in [2.05, 4.69) is 5.32 Å². The topological polar surface area (TPSA) is 61.8 Å². The second-order valence-electron chi connectivity index (χ2n) is 5.88. The molecule has 1 amide bonds. The van der Waals surface area contributed by atoms with E-state index in [1.165, 1.54) is 12.1 Å². The van der Waals surface area contributed by atoms with Gasteiger partial charge in [0.15, 0.2) is 0 Å². The molecule has 0 radical (unpaired) electrons. The van der Waals surface area contributed by atoms with Crippen LogP contribution in [0.25, 0.3) is 0 Å². The number of ether oxygens (including phenoxy) is 1. The normalized spacial score (nSPS) is 22.0. The molecule has 0 aliphatic carbocycles. The van der Waals surface area contributed by atoms with Crippen LogP contribution in [0.2, 0.25) is 0 Å². The Kier molecular flexibility index (Phi) is 4.92. The summed E-state index contributed by atoms with van der Waals surface area (Å²) in [5.41, 5.74) is -0.252. The zero-order chi connectivity index (χ0) is 15.5. The van der Waals surface area contributed by atoms with Gasteiger partial charge in [-0.15, -0.1) is 0 Å². The van der Waals surface area contributed by atoms with Crippen molar-refractivity contribution in [2.24, 2.45) is 0 Å². The van der Waals surface area contributed by atoms with Gasteiger partial charge in [-0.1, -0.05) is 12.1 Å². The largest absolute Gasteiger partial charge is 0.394 e. The molecule has 1 atom stereocenters. The minimum Gasteiger partial charge on any atom is -0.394 e. The second kappa shape index (κ2) is 6.51. The lowest BCUT2D eigenvalue weighted by Gasteiger charge is -2.41. The molecular formula is C15H21FN2O3. The van der Waals surface area contributed by atoms with E-state index in [0.29, 0.717) is 13.1 Å². The Hall–Kier alpha value is -1.50. The number of hydrogen-bond acceptors (Lipinski definition) is 4. The number of benzene rings is 1. The third kappa shape index (κ3) is 4.49. The minimum absolute atomic E-state index is 0.0884. The van der Waals surface area contributed by atoms with E-state index in [4.69, 9.17) is 4.74 Å². The number of para-hydroxylation sites is 1. The van der Waals surface area contributed by atoms with Crippen LogP contribution >= 0.6 is 0 Å². The van der Waals surface area contributed by atoms with Crippen molar-refractivity contribution in [1.29, 1.82) is 0 Å². The Balaban J connectivity index is 1.94. The molecule has 2 rings (SSSR count). The first-order valence-electron chi connectivity index (χ1n) is 6.95. The molecule has 1 aliphatic heterocycles. The fourth-order valence-electron chi connectivity index (χ4n) is 2.59. The quantitative estimate of drug-likeness (QED) is 0.877. The number of halogens is 1. The molecule has 21 heavy (non-hydrogen) atoms. The van der Waals surface area contributed by atoms with Crippen molar-refractivity contribution in [2.45, 2.75) is 25.6 Å². The van der Waals surface area contributed by atoms with Gasteiger partial charge in [0.05, 0.1) is 30.5 Å². The molecule has 0 saturated carbocycles. The summed E-state index contributed by atoms with van der Waals surface area (Å²) in [7, 11) is 0. The summed E-state index contributed by atoms with van der Waals surface area (Å²) >= 11 is 0. The Morgan fingerprint density at radius 1 is 1.52 bits per heavy atom. The maximum atomic E-state index is 13.5. The van der Waals surface area contributed by atoms with Crippen LogP contribution < -0.4 is 5.32 Å². The molecular weight excluding hydrogens is 275 g/mol. The number of aliphatic hydroxyl groups is 1. The Labute approximate surface area is 123 Å². The average molecular weight is 296 g/mol. The van der Waals surface area contributed by atoms with Crippen molar-refractivity contribution in [3.8, 4) is 0 Å². The maximum Gasteiger partial charge on any atom is 0.238 e. The summed E-state index contributed by atoms with van der Waals surface area (Å²) in [6.45, 7) is 4.93. The number of carbonyl (C=O) groups is 1. The maximum absolute atomic E-state index is 13.5. The molecule has 6 heteroatoms. The van der Waals surface area contributed by atoms with Crippen LogP contribution in [0.1, 0.15) is 13.8 Å². The smallest absolute Gasteiger partial charge is 0.238 e. The van der Waals surface area contributed by atoms with Gasteiger partial charge < -0.3 is 15.2 Å². The third-order valence-corrected chi connectivity index (χ3v) is 3.27. The molecule has 1 unspecified atom stereocenters. The molecule has 0 aromatic heterocycles. The summed E-state index contributed by atoms with van der Waals surface area (Å²) < 4.78 is 19.2. The van der Waals surface area contributed by atoms with E-state index in [1.54, 1.807) is 12.1 Å². The van der Waals surface area contributed by atoms with Crippen molar-refractivity contribution in [2.75, 3.05) is 31.6 Å². The van der Waals surface area contributed by atoms with Gasteiger partial charge in [0.25, 0.3) is 0 Å². The molecule has 1 saturated heterocycles. The minimum atomic E-state index is -0.457. The molecule has 2 N–H and O–H groups in total. The molecule has 0 bridgehead atoms. The van der Waals surface area contributed by atoms with E-state index in [-0.39, 0.29) is 30.9 Å². The zero-order valence-corrected chi connectivity index (χ0v) is 12.3. The highest BCUT2D eigenvalue weighted by Gasteiger charge is 2.33. The highest BCUT2D eigenvalue weighted by atomic mass is 19.1. The van der Waals surface area contributed by atoms with Crippen molar-refractivity contribution in [1.82, 2.24) is 4.90 Å². The van der Waals surface area contributed by atoms with Gasteiger partial charge in [0.1, 0.15) is 5.82 Å². The van der Waals surface area contributed by atoms with Gasteiger partial charge >= 0.3 is 0 Å².